The van der Waals surface area contributed by atoms with Gasteiger partial charge in [-0.1, -0.05) is 18.2 Å². The van der Waals surface area contributed by atoms with Gasteiger partial charge in [0.15, 0.2) is 5.82 Å². The molecule has 3 heterocycles. The number of carbonyl (C=O) groups is 1. The number of benzene rings is 2. The number of nitrogens with one attached hydrogen (secondary N) is 3. The maximum atomic E-state index is 12.8. The second kappa shape index (κ2) is 7.78. The summed E-state index contributed by atoms with van der Waals surface area (Å²) in [6.07, 6.45) is 1.59. The molecule has 166 valence electrons. The van der Waals surface area contributed by atoms with Crippen LogP contribution in [0, 0.1) is 27.7 Å². The Kier molecular flexibility index (Phi) is 4.89. The van der Waals surface area contributed by atoms with Crippen LogP contribution in [0.3, 0.4) is 0 Å². The van der Waals surface area contributed by atoms with Gasteiger partial charge in [0.1, 0.15) is 5.52 Å². The molecule has 3 N–H and O–H groups in total. The molecule has 0 fully saturated rings. The van der Waals surface area contributed by atoms with Crippen LogP contribution in [-0.4, -0.2) is 25.5 Å². The van der Waals surface area contributed by atoms with Gasteiger partial charge in [-0.15, -0.1) is 5.10 Å². The van der Waals surface area contributed by atoms with E-state index in [9.17, 15) is 9.59 Å². The van der Waals surface area contributed by atoms with Gasteiger partial charge >= 0.3 is 0 Å². The third kappa shape index (κ3) is 3.71. The first-order valence-electron chi connectivity index (χ1n) is 10.9. The van der Waals surface area contributed by atoms with Crippen LogP contribution in [0.25, 0.3) is 27.8 Å². The normalized spacial score (nSPS) is 11.4. The molecule has 5 aromatic rings. The fourth-order valence-electron chi connectivity index (χ4n) is 4.05. The van der Waals surface area contributed by atoms with E-state index in [1.165, 1.54) is 15.6 Å². The van der Waals surface area contributed by atoms with Crippen LogP contribution in [0.5, 0.6) is 0 Å². The van der Waals surface area contributed by atoms with Gasteiger partial charge < -0.3 is 15.3 Å². The maximum Gasteiger partial charge on any atom is 0.275 e. The predicted octanol–water partition coefficient (Wildman–Crippen LogP) is 4.33. The molecule has 7 heteroatoms. The summed E-state index contributed by atoms with van der Waals surface area (Å²) in [6.45, 7) is 8.58. The van der Waals surface area contributed by atoms with Crippen molar-refractivity contribution in [2.75, 3.05) is 0 Å². The van der Waals surface area contributed by atoms with Gasteiger partial charge in [-0.2, -0.15) is 0 Å². The highest BCUT2D eigenvalue weighted by Crippen LogP contribution is 2.22. The van der Waals surface area contributed by atoms with Gasteiger partial charge in [-0.3, -0.25) is 9.59 Å². The Morgan fingerprint density at radius 1 is 1.00 bits per heavy atom. The highest BCUT2D eigenvalue weighted by atomic mass is 16.1. The van der Waals surface area contributed by atoms with Gasteiger partial charge in [-0.25, -0.2) is 4.52 Å². The smallest absolute Gasteiger partial charge is 0.275 e. The van der Waals surface area contributed by atoms with Gasteiger partial charge in [0.05, 0.1) is 5.56 Å². The minimum atomic E-state index is -0.291. The number of rotatable bonds is 4. The third-order valence-electron chi connectivity index (χ3n) is 6.34. The Bertz CT molecular complexity index is 1600. The summed E-state index contributed by atoms with van der Waals surface area (Å²) in [5, 5.41) is 8.62. The first-order chi connectivity index (χ1) is 15.8. The summed E-state index contributed by atoms with van der Waals surface area (Å²) in [6, 6.07) is 13.6. The largest absolute Gasteiger partial charge is 0.358 e. The lowest BCUT2D eigenvalue weighted by atomic mass is 10.1. The van der Waals surface area contributed by atoms with E-state index >= 15 is 0 Å². The number of hydrogen-bond donors (Lipinski definition) is 3. The Labute approximate surface area is 190 Å². The van der Waals surface area contributed by atoms with Crippen molar-refractivity contribution in [1.82, 2.24) is 24.9 Å². The molecule has 0 aliphatic rings. The summed E-state index contributed by atoms with van der Waals surface area (Å²) < 4.78 is 1.47. The molecule has 0 saturated heterocycles. The molecule has 0 saturated carbocycles. The van der Waals surface area contributed by atoms with Crippen molar-refractivity contribution in [2.24, 2.45) is 0 Å². The minimum Gasteiger partial charge on any atom is -0.358 e. The van der Waals surface area contributed by atoms with Crippen molar-refractivity contribution >= 4 is 22.3 Å². The Hall–Kier alpha value is -4.13. The van der Waals surface area contributed by atoms with Crippen LogP contribution in [0.4, 0.5) is 0 Å². The van der Waals surface area contributed by atoms with Crippen molar-refractivity contribution in [2.45, 2.75) is 34.2 Å². The topological polar surface area (TPSA) is 95.1 Å². The number of aromatic nitrogens is 4. The summed E-state index contributed by atoms with van der Waals surface area (Å²) >= 11 is 0. The number of aromatic amines is 2. The van der Waals surface area contributed by atoms with Crippen molar-refractivity contribution in [3.05, 3.63) is 92.5 Å². The van der Waals surface area contributed by atoms with E-state index in [0.29, 0.717) is 23.4 Å². The molecule has 1 amide bonds. The van der Waals surface area contributed by atoms with Gasteiger partial charge in [0.2, 0.25) is 0 Å². The number of amides is 1. The van der Waals surface area contributed by atoms with E-state index in [-0.39, 0.29) is 11.5 Å². The fourth-order valence-corrected chi connectivity index (χ4v) is 4.05. The van der Waals surface area contributed by atoms with E-state index < -0.39 is 0 Å². The molecule has 5 rings (SSSR count). The molecule has 2 aromatic carbocycles. The SMILES string of the molecule is Cc1ccc(-c2nn3cc(C(=O)NCc4ccc5[nH]c(C)c(C)c5c4)cc3c(=O)[nH]2)cc1C. The van der Waals surface area contributed by atoms with Crippen LogP contribution in [0.15, 0.2) is 53.5 Å². The molecule has 33 heavy (non-hydrogen) atoms. The summed E-state index contributed by atoms with van der Waals surface area (Å²) in [5.41, 5.74) is 7.98. The van der Waals surface area contributed by atoms with Crippen LogP contribution >= 0.6 is 0 Å². The molecule has 0 radical (unpaired) electrons. The summed E-state index contributed by atoms with van der Waals surface area (Å²) in [4.78, 5) is 31.6. The Balaban J connectivity index is 1.39. The van der Waals surface area contributed by atoms with E-state index in [1.807, 2.05) is 44.2 Å². The van der Waals surface area contributed by atoms with Crippen LogP contribution in [-0.2, 0) is 6.54 Å². The zero-order valence-electron chi connectivity index (χ0n) is 19.0. The lowest BCUT2D eigenvalue weighted by molar-refractivity contribution is 0.0951. The second-order valence-electron chi connectivity index (χ2n) is 8.60. The minimum absolute atomic E-state index is 0.255. The van der Waals surface area contributed by atoms with Gasteiger partial charge in [0.25, 0.3) is 11.5 Å². The highest BCUT2D eigenvalue weighted by molar-refractivity contribution is 5.95. The third-order valence-corrected chi connectivity index (χ3v) is 6.34. The van der Waals surface area contributed by atoms with Crippen LogP contribution in [0.2, 0.25) is 0 Å². The molecule has 0 bridgehead atoms. The molecule has 3 aromatic heterocycles. The first-order valence-corrected chi connectivity index (χ1v) is 10.9. The fraction of sp³-hybridized carbons (Fsp3) is 0.192. The summed E-state index contributed by atoms with van der Waals surface area (Å²) in [7, 11) is 0. The average Bonchev–Trinajstić information content (AvgIpc) is 3.35. The van der Waals surface area contributed by atoms with Gasteiger partial charge in [-0.05, 0) is 74.2 Å². The summed E-state index contributed by atoms with van der Waals surface area (Å²) in [5.74, 6) is 0.207. The monoisotopic (exact) mass is 439 g/mol. The zero-order chi connectivity index (χ0) is 23.3. The zero-order valence-corrected chi connectivity index (χ0v) is 19.0. The van der Waals surface area contributed by atoms with Gasteiger partial charge in [0, 0.05) is 34.9 Å². The standard InChI is InChI=1S/C26H25N5O2/c1-14-5-7-19(9-15(14)2)24-29-26(33)23-11-20(13-31(23)30-24)25(32)27-12-18-6-8-22-21(10-18)16(3)17(4)28-22/h5-11,13,28H,12H2,1-4H3,(H,27,32)(H,29,30,33). The highest BCUT2D eigenvalue weighted by Gasteiger charge is 2.14. The number of aryl methyl sites for hydroxylation is 4. The molecule has 7 nitrogen and oxygen atoms in total. The molecule has 0 aliphatic heterocycles. The Morgan fingerprint density at radius 3 is 2.61 bits per heavy atom. The number of fused-ring (bicyclic) bond motifs is 2. The van der Waals surface area contributed by atoms with Crippen molar-refractivity contribution in [3.8, 4) is 11.4 Å². The molecule has 0 unspecified atom stereocenters. The Morgan fingerprint density at radius 2 is 1.82 bits per heavy atom. The number of H-pyrrole nitrogens is 2. The first kappa shape index (κ1) is 20.8. The molecule has 0 spiro atoms. The number of hydrogen-bond acceptors (Lipinski definition) is 3. The van der Waals surface area contributed by atoms with E-state index in [1.54, 1.807) is 12.3 Å². The quantitative estimate of drug-likeness (QED) is 0.389. The molecular weight excluding hydrogens is 414 g/mol. The predicted molar refractivity (Wildman–Crippen MR) is 130 cm³/mol. The van der Waals surface area contributed by atoms with Crippen molar-refractivity contribution in [3.63, 3.8) is 0 Å². The molecule has 0 aliphatic carbocycles. The second-order valence-corrected chi connectivity index (χ2v) is 8.60. The molecule has 0 atom stereocenters. The van der Waals surface area contributed by atoms with Crippen LogP contribution < -0.4 is 10.9 Å². The van der Waals surface area contributed by atoms with E-state index in [2.05, 4.69) is 40.3 Å². The van der Waals surface area contributed by atoms with Crippen LogP contribution in [0.1, 0.15) is 38.3 Å². The lowest BCUT2D eigenvalue weighted by Gasteiger charge is -2.05. The number of carbonyl (C=O) groups excluding carboxylic acids is 1. The maximum absolute atomic E-state index is 12.8. The van der Waals surface area contributed by atoms with E-state index in [4.69, 9.17) is 0 Å². The van der Waals surface area contributed by atoms with E-state index in [0.717, 1.165) is 33.3 Å². The molecular formula is C26H25N5O2. The average molecular weight is 440 g/mol. The number of nitrogens with zero attached hydrogens (tertiary/aromatic N) is 2. The van der Waals surface area contributed by atoms with Crippen molar-refractivity contribution in [1.29, 1.82) is 0 Å². The van der Waals surface area contributed by atoms with Crippen molar-refractivity contribution < 1.29 is 4.79 Å². The lowest BCUT2D eigenvalue weighted by Crippen LogP contribution is -2.22.